The molecule has 0 saturated carbocycles. The predicted molar refractivity (Wildman–Crippen MR) is 127 cm³/mol. The number of anilines is 2. The number of benzene rings is 3. The van der Waals surface area contributed by atoms with Crippen molar-refractivity contribution in [1.29, 1.82) is 0 Å². The summed E-state index contributed by atoms with van der Waals surface area (Å²) in [5.41, 5.74) is 10.9. The summed E-state index contributed by atoms with van der Waals surface area (Å²) in [4.78, 5) is 27.8. The molecule has 1 fully saturated rings. The van der Waals surface area contributed by atoms with Crippen LogP contribution in [0.1, 0.15) is 16.7 Å². The van der Waals surface area contributed by atoms with Crippen molar-refractivity contribution in [3.05, 3.63) is 81.7 Å². The zero-order valence-corrected chi connectivity index (χ0v) is 18.6. The van der Waals surface area contributed by atoms with Crippen LogP contribution >= 0.6 is 0 Å². The van der Waals surface area contributed by atoms with Crippen LogP contribution in [0.2, 0.25) is 0 Å². The highest BCUT2D eigenvalue weighted by atomic mass is 16.5. The highest BCUT2D eigenvalue weighted by Crippen LogP contribution is 2.29. The van der Waals surface area contributed by atoms with Crippen LogP contribution in [0.5, 0.6) is 11.5 Å². The van der Waals surface area contributed by atoms with Crippen molar-refractivity contribution >= 4 is 34.5 Å². The Kier molecular flexibility index (Phi) is 4.67. The van der Waals surface area contributed by atoms with Gasteiger partial charge in [-0.25, -0.2) is 9.59 Å². The molecule has 2 N–H and O–H groups in total. The minimum absolute atomic E-state index is 0.411. The number of nitrogen functional groups attached to an aromatic ring is 1. The number of ether oxygens (including phenoxy) is 3. The van der Waals surface area contributed by atoms with Gasteiger partial charge in [0.25, 0.3) is 0 Å². The van der Waals surface area contributed by atoms with Crippen molar-refractivity contribution in [3.63, 3.8) is 0 Å². The van der Waals surface area contributed by atoms with E-state index in [0.29, 0.717) is 57.5 Å². The lowest BCUT2D eigenvalue weighted by atomic mass is 9.99. The summed E-state index contributed by atoms with van der Waals surface area (Å²) in [5, 5.41) is 1.22. The van der Waals surface area contributed by atoms with E-state index in [1.807, 2.05) is 37.3 Å². The highest BCUT2D eigenvalue weighted by molar-refractivity contribution is 6.21. The van der Waals surface area contributed by atoms with Crippen LogP contribution in [-0.4, -0.2) is 38.2 Å². The summed E-state index contributed by atoms with van der Waals surface area (Å²) in [6, 6.07) is 16.7. The molecule has 3 aromatic rings. The second kappa shape index (κ2) is 7.74. The van der Waals surface area contributed by atoms with E-state index in [1.165, 1.54) is 0 Å². The maximum Gasteiger partial charge on any atom is 0.344 e. The van der Waals surface area contributed by atoms with Crippen LogP contribution in [0.25, 0.3) is 11.1 Å². The lowest BCUT2D eigenvalue weighted by Crippen LogP contribution is -2.36. The molecule has 3 aliphatic rings. The molecular weight excluding hydrogens is 432 g/mol. The molecule has 0 amide bonds. The maximum atomic E-state index is 12.8. The molecule has 7 nitrogen and oxygen atoms in total. The van der Waals surface area contributed by atoms with Crippen LogP contribution < -0.4 is 30.5 Å². The van der Waals surface area contributed by atoms with Gasteiger partial charge in [-0.3, -0.25) is 0 Å². The summed E-state index contributed by atoms with van der Waals surface area (Å²) in [5.74, 6) is -0.0347. The lowest BCUT2D eigenvalue weighted by molar-refractivity contribution is -0.128. The second-order valence-corrected chi connectivity index (χ2v) is 8.59. The molecule has 0 spiro atoms. The van der Waals surface area contributed by atoms with Gasteiger partial charge < -0.3 is 24.8 Å². The van der Waals surface area contributed by atoms with Gasteiger partial charge in [0.2, 0.25) is 0 Å². The molecule has 0 unspecified atom stereocenters. The van der Waals surface area contributed by atoms with E-state index in [-0.39, 0.29) is 0 Å². The number of nitrogens with zero attached hydrogens (tertiary/aromatic N) is 1. The summed E-state index contributed by atoms with van der Waals surface area (Å²) < 4.78 is 16.6. The molecule has 3 heterocycles. The van der Waals surface area contributed by atoms with Crippen LogP contribution in [0.3, 0.4) is 0 Å². The molecule has 0 bridgehead atoms. The zero-order chi connectivity index (χ0) is 23.4. The molecule has 7 heteroatoms. The molecule has 34 heavy (non-hydrogen) atoms. The Morgan fingerprint density at radius 1 is 0.765 bits per heavy atom. The van der Waals surface area contributed by atoms with Gasteiger partial charge >= 0.3 is 11.9 Å². The summed E-state index contributed by atoms with van der Waals surface area (Å²) in [7, 11) is 0. The van der Waals surface area contributed by atoms with Gasteiger partial charge in [0.15, 0.2) is 0 Å². The number of esters is 2. The first kappa shape index (κ1) is 20.5. The van der Waals surface area contributed by atoms with Gasteiger partial charge in [0, 0.05) is 34.9 Å². The fourth-order valence-corrected chi connectivity index (χ4v) is 4.68. The summed E-state index contributed by atoms with van der Waals surface area (Å²) >= 11 is 0. The van der Waals surface area contributed by atoms with Gasteiger partial charge in [0.05, 0.1) is 24.4 Å². The number of hydrogen-bond donors (Lipinski definition) is 1. The first-order valence-corrected chi connectivity index (χ1v) is 11.2. The molecule has 0 radical (unpaired) electrons. The molecule has 3 aliphatic heterocycles. The van der Waals surface area contributed by atoms with Crippen molar-refractivity contribution in [2.45, 2.75) is 6.92 Å². The van der Waals surface area contributed by atoms with Crippen molar-refractivity contribution < 1.29 is 23.8 Å². The van der Waals surface area contributed by atoms with E-state index in [9.17, 15) is 9.59 Å². The molecule has 6 rings (SSSR count). The van der Waals surface area contributed by atoms with Gasteiger partial charge in [-0.15, -0.1) is 0 Å². The predicted octanol–water partition coefficient (Wildman–Crippen LogP) is 1.65. The van der Waals surface area contributed by atoms with E-state index in [4.69, 9.17) is 19.9 Å². The summed E-state index contributed by atoms with van der Waals surface area (Å²) in [6.45, 7) is 4.97. The van der Waals surface area contributed by atoms with Gasteiger partial charge in [-0.2, -0.15) is 0 Å². The number of carbonyl (C=O) groups excluding carboxylic acids is 2. The topological polar surface area (TPSA) is 91.1 Å². The van der Waals surface area contributed by atoms with E-state index < -0.39 is 11.9 Å². The minimum Gasteiger partial charge on any atom is -0.422 e. The van der Waals surface area contributed by atoms with E-state index >= 15 is 0 Å². The number of carbonyl (C=O) groups is 2. The van der Waals surface area contributed by atoms with Crippen LogP contribution in [-0.2, 0) is 14.3 Å². The fraction of sp³-hybridized carbons (Fsp3) is 0.185. The number of morpholine rings is 1. The number of aryl methyl sites for hydroxylation is 1. The normalized spacial score (nSPS) is 16.9. The van der Waals surface area contributed by atoms with Gasteiger partial charge in [0.1, 0.15) is 11.5 Å². The maximum absolute atomic E-state index is 12.8. The Labute approximate surface area is 195 Å². The van der Waals surface area contributed by atoms with E-state index in [1.54, 1.807) is 24.3 Å². The minimum atomic E-state index is -0.439. The van der Waals surface area contributed by atoms with Gasteiger partial charge in [-0.05, 0) is 60.0 Å². The third-order valence-electron chi connectivity index (χ3n) is 6.52. The number of hydrogen-bond acceptors (Lipinski definition) is 7. The first-order valence-electron chi connectivity index (χ1n) is 11.2. The van der Waals surface area contributed by atoms with Crippen molar-refractivity contribution in [2.24, 2.45) is 0 Å². The van der Waals surface area contributed by atoms with E-state index in [2.05, 4.69) is 4.90 Å². The SMILES string of the molecule is Cc1cc(C2=c3cc4c(cc3OC2=O)=C(c2ccc(N3CCOCC3)cc2)C(=O)O4)ccc1N. The Bertz CT molecular complexity index is 1480. The first-order chi connectivity index (χ1) is 16.5. The Morgan fingerprint density at radius 3 is 1.91 bits per heavy atom. The van der Waals surface area contributed by atoms with Crippen LogP contribution in [0.4, 0.5) is 11.4 Å². The van der Waals surface area contributed by atoms with Gasteiger partial charge in [-0.1, -0.05) is 18.2 Å². The Balaban J connectivity index is 1.46. The number of nitrogens with two attached hydrogens (primary N) is 1. The highest BCUT2D eigenvalue weighted by Gasteiger charge is 2.30. The lowest BCUT2D eigenvalue weighted by Gasteiger charge is -2.28. The molecule has 0 aromatic heterocycles. The third kappa shape index (κ3) is 3.24. The second-order valence-electron chi connectivity index (χ2n) is 8.59. The third-order valence-corrected chi connectivity index (χ3v) is 6.52. The average Bonchev–Trinajstić information content (AvgIpc) is 3.34. The number of rotatable bonds is 3. The molecule has 0 atom stereocenters. The standard InChI is InChI=1S/C27H22N2O5/c1-15-12-17(4-7-21(15)28)25-20-14-22-19(13-23(20)34-27(25)31)24(26(30)33-22)16-2-5-18(6-3-16)29-8-10-32-11-9-29/h2-7,12-14H,8-11,28H2,1H3. The van der Waals surface area contributed by atoms with E-state index in [0.717, 1.165) is 29.9 Å². The number of fused-ring (bicyclic) bond motifs is 2. The quantitative estimate of drug-likeness (QED) is 0.366. The Morgan fingerprint density at radius 2 is 1.32 bits per heavy atom. The molecule has 170 valence electrons. The molecule has 3 aromatic carbocycles. The largest absolute Gasteiger partial charge is 0.422 e. The molecule has 0 aliphatic carbocycles. The Hall–Kier alpha value is -4.10. The molecular formula is C27H22N2O5. The molecule has 1 saturated heterocycles. The fourth-order valence-electron chi connectivity index (χ4n) is 4.68. The monoisotopic (exact) mass is 454 g/mol. The van der Waals surface area contributed by atoms with Crippen molar-refractivity contribution in [2.75, 3.05) is 36.9 Å². The average molecular weight is 454 g/mol. The summed E-state index contributed by atoms with van der Waals surface area (Å²) in [6.07, 6.45) is 0. The van der Waals surface area contributed by atoms with Crippen molar-refractivity contribution in [1.82, 2.24) is 0 Å². The van der Waals surface area contributed by atoms with Crippen LogP contribution in [0.15, 0.2) is 54.6 Å². The smallest absolute Gasteiger partial charge is 0.344 e. The van der Waals surface area contributed by atoms with Crippen molar-refractivity contribution in [3.8, 4) is 11.5 Å². The van der Waals surface area contributed by atoms with Crippen LogP contribution in [0, 0.1) is 6.92 Å². The zero-order valence-electron chi connectivity index (χ0n) is 18.6.